The molecule has 23 nitrogen and oxygen atoms in total. The standard InChI is InChI=1S/C20H17N3O2.C19H17FN2O3.C18H15ClN2O2.C18H14N2O3S.C17H12Cl2N2O2/c1-12-2-5-16-15(10-12)18(24)20(25)7-9-23(19(20)22-16)14-4-3-13-6-8-21-17(13)11-14;1-11-8-16-14(10-15(11)20)17(23)19(24)6-7-22(18(19)21-16)12-4-3-5-13(9-12)25-2;1-11-2-5-13(6-3-11)21-9-8-18(23)16(22)14-10-12(19)4-7-15(14)20-17(18)21;1-10-8-13-15(21)18(22)5-6-20(17(18)19-16(13)24-10)12-3-2-11-4-7-23-14(11)9-12;18-10-1-4-12(5-2-10)21-8-7-17(23)15(22)13-9-11(19)3-6-14(13)20-16(17)21/h2-6,8,10-11,21,25H,7,9H2,1H3;3-5,8-10,24H,6-7H2,1-2H3;2-7,10,23H,8-9H2,1H3;2-4,7-9,22H,5-6H2,1H3;1-6,9,23H,7-8H2/t20-;19-;2*18-;17-/m11111/s1. The highest BCUT2D eigenvalue weighted by atomic mass is 35.5. The van der Waals surface area contributed by atoms with E-state index in [9.17, 15) is 53.9 Å². The molecular weight excluding hydrogens is 1610 g/mol. The SMILES string of the molecule is COc1cccc(N2CC[C@@]3(O)C(=O)c4cc(F)c(C)cc4N=C23)c1.Cc1cc2c(s1)N=C1N(c3ccc4ccoc4c3)CC[C@@]1(O)C2=O.Cc1ccc(N2CC[C@@]3(O)C(=O)c4cc(Cl)ccc4N=C23)cc1.Cc1ccc2c(c1)C(=O)[C@]1(O)CCN(c3ccc4cc[nH]c4c3)C1=N2.O=C1c2cc(Cl)ccc2N=C2N(c3ccc(Cl)cc3)CC[C@@]12O. The van der Waals surface area contributed by atoms with Gasteiger partial charge in [-0.05, 0) is 190 Å². The number of hydrogen-bond acceptors (Lipinski definition) is 23. The maximum atomic E-state index is 13.9. The number of hydrogen-bond donors (Lipinski definition) is 6. The van der Waals surface area contributed by atoms with Gasteiger partial charge in [-0.15, -0.1) is 11.3 Å². The number of carbonyl (C=O) groups is 5. The molecule has 13 heterocycles. The van der Waals surface area contributed by atoms with Gasteiger partial charge in [-0.3, -0.25) is 24.0 Å². The second kappa shape index (κ2) is 30.0. The number of aliphatic hydroxyl groups is 5. The predicted molar refractivity (Wildman–Crippen MR) is 466 cm³/mol. The number of aromatic amines is 1. The molecule has 604 valence electrons. The normalized spacial score (nSPS) is 22.3. The topological polar surface area (TPSA) is 303 Å². The van der Waals surface area contributed by atoms with Gasteiger partial charge in [0.15, 0.2) is 33.8 Å². The van der Waals surface area contributed by atoms with Crippen molar-refractivity contribution in [3.05, 3.63) is 277 Å². The minimum absolute atomic E-state index is 0.127. The summed E-state index contributed by atoms with van der Waals surface area (Å²) in [6.45, 7) is 10.1. The Morgan fingerprint density at radius 2 is 0.842 bits per heavy atom. The molecule has 0 unspecified atom stereocenters. The van der Waals surface area contributed by atoms with Crippen LogP contribution in [0.4, 0.5) is 60.6 Å². The van der Waals surface area contributed by atoms with Crippen molar-refractivity contribution < 1.29 is 63.0 Å². The molecule has 9 aromatic carbocycles. The molecule has 0 saturated carbocycles. The number of benzene rings is 9. The lowest BCUT2D eigenvalue weighted by Gasteiger charge is -2.30. The van der Waals surface area contributed by atoms with E-state index in [1.807, 2.05) is 185 Å². The Labute approximate surface area is 705 Å². The number of thiophene rings is 1. The van der Waals surface area contributed by atoms with Gasteiger partial charge >= 0.3 is 0 Å². The van der Waals surface area contributed by atoms with Crippen LogP contribution in [0.1, 0.15) is 105 Å². The summed E-state index contributed by atoms with van der Waals surface area (Å²) in [5.74, 6) is 0.430. The van der Waals surface area contributed by atoms with E-state index in [0.717, 1.165) is 66.3 Å². The molecule has 0 aliphatic carbocycles. The van der Waals surface area contributed by atoms with Crippen LogP contribution in [0.2, 0.25) is 15.1 Å². The minimum Gasteiger partial charge on any atom is -0.497 e. The van der Waals surface area contributed by atoms with Crippen molar-refractivity contribution >= 4 is 182 Å². The minimum atomic E-state index is -1.72. The molecule has 5 atom stereocenters. The zero-order chi connectivity index (χ0) is 83.8. The largest absolute Gasteiger partial charge is 0.497 e. The number of methoxy groups -OCH3 is 1. The molecule has 5 saturated heterocycles. The number of Topliss-reactive ketones (excluding diaryl/α,β-unsaturated/α-hetero) is 5. The number of nitrogens with one attached hydrogen (secondary N) is 1. The summed E-state index contributed by atoms with van der Waals surface area (Å²) in [4.78, 5) is 101. The summed E-state index contributed by atoms with van der Waals surface area (Å²) >= 11 is 19.3. The Balaban J connectivity index is 0.000000103. The van der Waals surface area contributed by atoms with E-state index in [0.29, 0.717) is 158 Å². The van der Waals surface area contributed by atoms with Crippen molar-refractivity contribution in [3.8, 4) is 5.75 Å². The van der Waals surface area contributed by atoms with Crippen LogP contribution in [0.3, 0.4) is 0 Å². The van der Waals surface area contributed by atoms with Crippen molar-refractivity contribution in [2.75, 3.05) is 64.3 Å². The number of carbonyl (C=O) groups excluding carboxylic acids is 5. The molecule has 0 bridgehead atoms. The molecule has 120 heavy (non-hydrogen) atoms. The summed E-state index contributed by atoms with van der Waals surface area (Å²) in [5.41, 5.74) is 4.75. The smallest absolute Gasteiger partial charge is 0.205 e. The third-order valence-electron chi connectivity index (χ3n) is 23.5. The fourth-order valence-electron chi connectivity index (χ4n) is 17.0. The monoisotopic (exact) mass is 1680 g/mol. The average molecular weight is 1680 g/mol. The van der Waals surface area contributed by atoms with Crippen molar-refractivity contribution in [1.82, 2.24) is 4.98 Å². The first kappa shape index (κ1) is 79.0. The fourth-order valence-corrected chi connectivity index (χ4v) is 18.3. The highest BCUT2D eigenvalue weighted by molar-refractivity contribution is 7.16. The summed E-state index contributed by atoms with van der Waals surface area (Å²) in [5, 5.41) is 59.3. The van der Waals surface area contributed by atoms with Crippen LogP contribution in [-0.2, 0) is 0 Å². The number of aliphatic imine (C=N–C) groups is 5. The zero-order valence-corrected chi connectivity index (χ0v) is 68.3. The Kier molecular flexibility index (Phi) is 19.7. The Morgan fingerprint density at radius 3 is 1.38 bits per heavy atom. The highest BCUT2D eigenvalue weighted by Gasteiger charge is 2.58. The predicted octanol–water partition coefficient (Wildman–Crippen LogP) is 17.4. The van der Waals surface area contributed by atoms with Crippen LogP contribution in [0.25, 0.3) is 21.9 Å². The fraction of sp³-hybridized carbons (Fsp3) is 0.217. The van der Waals surface area contributed by atoms with Crippen LogP contribution in [-0.4, -0.2) is 156 Å². The van der Waals surface area contributed by atoms with E-state index in [2.05, 4.69) is 29.9 Å². The number of anilines is 5. The highest BCUT2D eigenvalue weighted by Crippen LogP contribution is 2.48. The molecule has 0 radical (unpaired) electrons. The van der Waals surface area contributed by atoms with E-state index < -0.39 is 39.6 Å². The number of amidine groups is 5. The third-order valence-corrected chi connectivity index (χ3v) is 25.1. The summed E-state index contributed by atoms with van der Waals surface area (Å²) in [7, 11) is 1.58. The zero-order valence-electron chi connectivity index (χ0n) is 65.2. The molecule has 0 spiro atoms. The molecule has 10 aliphatic rings. The van der Waals surface area contributed by atoms with Gasteiger partial charge in [0, 0.05) is 165 Å². The van der Waals surface area contributed by atoms with Gasteiger partial charge in [-0.25, -0.2) is 29.4 Å². The number of H-pyrrole nitrogens is 1. The van der Waals surface area contributed by atoms with E-state index in [-0.39, 0.29) is 41.0 Å². The number of ketones is 5. The van der Waals surface area contributed by atoms with E-state index >= 15 is 0 Å². The first-order valence-electron chi connectivity index (χ1n) is 38.8. The van der Waals surface area contributed by atoms with Crippen molar-refractivity contribution in [1.29, 1.82) is 0 Å². The van der Waals surface area contributed by atoms with Crippen LogP contribution < -0.4 is 29.2 Å². The number of furan rings is 1. The second-order valence-corrected chi connectivity index (χ2v) is 33.6. The van der Waals surface area contributed by atoms with Crippen LogP contribution in [0.15, 0.2) is 236 Å². The molecule has 12 aromatic rings. The van der Waals surface area contributed by atoms with Gasteiger partial charge in [-0.2, -0.15) is 0 Å². The molecular formula is C92H75Cl3FN11O12S. The van der Waals surface area contributed by atoms with Crippen molar-refractivity contribution in [2.45, 2.75) is 87.8 Å². The molecule has 0 amide bonds. The number of rotatable bonds is 6. The third kappa shape index (κ3) is 13.4. The molecule has 10 aliphatic heterocycles. The average Bonchev–Trinajstić information content (AvgIpc) is 1.61. The number of halogens is 4. The first-order valence-corrected chi connectivity index (χ1v) is 40.8. The van der Waals surface area contributed by atoms with Gasteiger partial charge < -0.3 is 64.2 Å². The molecule has 6 N–H and O–H groups in total. The summed E-state index contributed by atoms with van der Waals surface area (Å²) in [6, 6.07) is 58.4. The quantitative estimate of drug-likeness (QED) is 0.0901. The first-order chi connectivity index (χ1) is 57.5. The lowest BCUT2D eigenvalue weighted by atomic mass is 9.87. The van der Waals surface area contributed by atoms with Crippen molar-refractivity contribution in [3.63, 3.8) is 0 Å². The van der Waals surface area contributed by atoms with E-state index in [1.54, 1.807) is 68.8 Å². The number of fused-ring (bicyclic) bond motifs is 12. The maximum Gasteiger partial charge on any atom is 0.205 e. The molecule has 22 rings (SSSR count). The lowest BCUT2D eigenvalue weighted by Crippen LogP contribution is -2.48. The van der Waals surface area contributed by atoms with Gasteiger partial charge in [0.05, 0.1) is 41.7 Å². The number of aromatic nitrogens is 1. The Morgan fingerprint density at radius 1 is 0.417 bits per heavy atom. The maximum absolute atomic E-state index is 13.9. The number of ether oxygens (including phenoxy) is 1. The van der Waals surface area contributed by atoms with Gasteiger partial charge in [0.2, 0.25) is 28.9 Å². The number of aryl methyl sites for hydroxylation is 4. The van der Waals surface area contributed by atoms with Gasteiger partial charge in [0.1, 0.15) is 45.5 Å². The summed E-state index contributed by atoms with van der Waals surface area (Å²) < 4.78 is 24.6. The molecule has 5 fully saturated rings. The summed E-state index contributed by atoms with van der Waals surface area (Å²) in [6.07, 6.45) is 5.06. The number of nitrogens with zero attached hydrogens (tertiary/aromatic N) is 10. The van der Waals surface area contributed by atoms with E-state index in [4.69, 9.17) is 44.0 Å². The van der Waals surface area contributed by atoms with Gasteiger partial charge in [-0.1, -0.05) is 76.3 Å². The molecule has 3 aromatic heterocycles. The Bertz CT molecular complexity index is 6380. The van der Waals surface area contributed by atoms with Gasteiger partial charge in [0.25, 0.3) is 0 Å². The van der Waals surface area contributed by atoms with Crippen LogP contribution >= 0.6 is 46.1 Å². The molecule has 28 heteroatoms. The second-order valence-electron chi connectivity index (χ2n) is 31.1. The van der Waals surface area contributed by atoms with Crippen LogP contribution in [0.5, 0.6) is 5.75 Å². The van der Waals surface area contributed by atoms with Crippen LogP contribution in [0, 0.1) is 33.5 Å². The van der Waals surface area contributed by atoms with Crippen molar-refractivity contribution in [2.24, 2.45) is 25.0 Å². The van der Waals surface area contributed by atoms with E-state index in [1.165, 1.54) is 23.5 Å². The lowest BCUT2D eigenvalue weighted by molar-refractivity contribution is 0.0599. The Hall–Kier alpha value is -12.1.